The van der Waals surface area contributed by atoms with E-state index >= 15 is 0 Å². The van der Waals surface area contributed by atoms with E-state index in [-0.39, 0.29) is 18.0 Å². The number of carbonyl (C=O) groups is 2. The zero-order chi connectivity index (χ0) is 18.6. The van der Waals surface area contributed by atoms with Crippen LogP contribution in [0.1, 0.15) is 39.5 Å². The van der Waals surface area contributed by atoms with Gasteiger partial charge in [-0.15, -0.1) is 0 Å². The molecule has 3 heterocycles. The van der Waals surface area contributed by atoms with Gasteiger partial charge in [0.1, 0.15) is 5.60 Å². The molecule has 142 valence electrons. The molecule has 0 aliphatic carbocycles. The van der Waals surface area contributed by atoms with Crippen molar-refractivity contribution in [2.24, 2.45) is 0 Å². The Balaban J connectivity index is 1.49. The molecule has 0 radical (unpaired) electrons. The highest BCUT2D eigenvalue weighted by atomic mass is 32.2. The summed E-state index contributed by atoms with van der Waals surface area (Å²) in [6.07, 6.45) is 6.56. The standard InChI is InChI=1S/C18H26N4O3S/c1-3-5-14(2)22-13-18(25-17(22)24)6-10-21(11-7-18)15(23)12-26-16-19-8-4-9-20-16/h4,8-9,14H,3,5-7,10-13H2,1-2H3/t14-/m1/s1. The van der Waals surface area contributed by atoms with Crippen molar-refractivity contribution in [3.63, 3.8) is 0 Å². The van der Waals surface area contributed by atoms with Gasteiger partial charge in [-0.3, -0.25) is 4.79 Å². The summed E-state index contributed by atoms with van der Waals surface area (Å²) in [5, 5.41) is 0.611. The van der Waals surface area contributed by atoms with Crippen LogP contribution in [0.15, 0.2) is 23.6 Å². The van der Waals surface area contributed by atoms with Gasteiger partial charge in [-0.05, 0) is 19.4 Å². The van der Waals surface area contributed by atoms with Crippen LogP contribution >= 0.6 is 11.8 Å². The summed E-state index contributed by atoms with van der Waals surface area (Å²) in [4.78, 5) is 36.6. The molecule has 7 nitrogen and oxygen atoms in total. The highest BCUT2D eigenvalue weighted by molar-refractivity contribution is 7.99. The topological polar surface area (TPSA) is 75.6 Å². The van der Waals surface area contributed by atoms with Crippen molar-refractivity contribution in [1.82, 2.24) is 19.8 Å². The lowest BCUT2D eigenvalue weighted by atomic mass is 9.91. The third-order valence-electron chi connectivity index (χ3n) is 5.13. The summed E-state index contributed by atoms with van der Waals surface area (Å²) < 4.78 is 5.75. The number of hydrogen-bond donors (Lipinski definition) is 0. The largest absolute Gasteiger partial charge is 0.441 e. The first kappa shape index (κ1) is 18.9. The van der Waals surface area contributed by atoms with Crippen molar-refractivity contribution in [2.75, 3.05) is 25.4 Å². The Morgan fingerprint density at radius 2 is 2.04 bits per heavy atom. The Labute approximate surface area is 158 Å². The minimum Gasteiger partial charge on any atom is -0.441 e. The van der Waals surface area contributed by atoms with Gasteiger partial charge in [-0.25, -0.2) is 14.8 Å². The first-order valence-corrected chi connectivity index (χ1v) is 10.2. The quantitative estimate of drug-likeness (QED) is 0.559. The molecule has 3 rings (SSSR count). The predicted octanol–water partition coefficient (Wildman–Crippen LogP) is 2.57. The van der Waals surface area contributed by atoms with Gasteiger partial charge >= 0.3 is 6.09 Å². The first-order chi connectivity index (χ1) is 12.5. The van der Waals surface area contributed by atoms with Crippen LogP contribution < -0.4 is 0 Å². The fraction of sp³-hybridized carbons (Fsp3) is 0.667. The van der Waals surface area contributed by atoms with Gasteiger partial charge in [-0.2, -0.15) is 0 Å². The molecule has 1 aromatic rings. The van der Waals surface area contributed by atoms with Crippen LogP contribution in [0.25, 0.3) is 0 Å². The molecule has 2 saturated heterocycles. The molecule has 0 unspecified atom stereocenters. The fourth-order valence-electron chi connectivity index (χ4n) is 3.56. The molecule has 26 heavy (non-hydrogen) atoms. The molecule has 0 saturated carbocycles. The van der Waals surface area contributed by atoms with Gasteiger partial charge in [0.2, 0.25) is 5.91 Å². The van der Waals surface area contributed by atoms with Gasteiger partial charge in [-0.1, -0.05) is 25.1 Å². The second-order valence-electron chi connectivity index (χ2n) is 7.02. The molecule has 8 heteroatoms. The zero-order valence-corrected chi connectivity index (χ0v) is 16.2. The van der Waals surface area contributed by atoms with Crippen LogP contribution in [0.2, 0.25) is 0 Å². The van der Waals surface area contributed by atoms with E-state index in [1.807, 2.05) is 9.80 Å². The molecular formula is C18H26N4O3S. The second-order valence-corrected chi connectivity index (χ2v) is 7.96. The summed E-state index contributed by atoms with van der Waals surface area (Å²) >= 11 is 1.35. The Kier molecular flexibility index (Phi) is 6.01. The molecule has 2 amide bonds. The molecule has 1 atom stereocenters. The van der Waals surface area contributed by atoms with E-state index in [1.165, 1.54) is 11.8 Å². The first-order valence-electron chi connectivity index (χ1n) is 9.20. The fourth-order valence-corrected chi connectivity index (χ4v) is 4.27. The van der Waals surface area contributed by atoms with Gasteiger partial charge < -0.3 is 14.5 Å². The maximum atomic E-state index is 12.4. The van der Waals surface area contributed by atoms with Crippen molar-refractivity contribution >= 4 is 23.8 Å². The van der Waals surface area contributed by atoms with Crippen molar-refractivity contribution < 1.29 is 14.3 Å². The average Bonchev–Trinajstić information content (AvgIpc) is 2.97. The monoisotopic (exact) mass is 378 g/mol. The minimum atomic E-state index is -0.425. The second kappa shape index (κ2) is 8.24. The predicted molar refractivity (Wildman–Crippen MR) is 98.9 cm³/mol. The number of piperidine rings is 1. The smallest absolute Gasteiger partial charge is 0.410 e. The molecule has 2 aliphatic rings. The maximum Gasteiger partial charge on any atom is 0.410 e. The lowest BCUT2D eigenvalue weighted by Crippen LogP contribution is -2.49. The normalized spacial score (nSPS) is 20.3. The van der Waals surface area contributed by atoms with Crippen LogP contribution in [0, 0.1) is 0 Å². The van der Waals surface area contributed by atoms with E-state index in [9.17, 15) is 9.59 Å². The average molecular weight is 378 g/mol. The number of thioether (sulfide) groups is 1. The number of hydrogen-bond acceptors (Lipinski definition) is 6. The number of carbonyl (C=O) groups excluding carboxylic acids is 2. The molecule has 2 fully saturated rings. The minimum absolute atomic E-state index is 0.0813. The van der Waals surface area contributed by atoms with Crippen molar-refractivity contribution in [3.8, 4) is 0 Å². The number of amides is 2. The summed E-state index contributed by atoms with van der Waals surface area (Å²) in [5.41, 5.74) is -0.425. The highest BCUT2D eigenvalue weighted by Gasteiger charge is 2.48. The van der Waals surface area contributed by atoms with Crippen LogP contribution in [0.5, 0.6) is 0 Å². The molecule has 0 aromatic carbocycles. The number of nitrogens with zero attached hydrogens (tertiary/aromatic N) is 4. The summed E-state index contributed by atoms with van der Waals surface area (Å²) in [6.45, 7) is 6.08. The van der Waals surface area contributed by atoms with Crippen LogP contribution in [0.4, 0.5) is 4.79 Å². The Morgan fingerprint density at radius 1 is 1.35 bits per heavy atom. The van der Waals surface area contributed by atoms with E-state index < -0.39 is 5.60 Å². The molecule has 0 bridgehead atoms. The molecule has 1 spiro atoms. The lowest BCUT2D eigenvalue weighted by molar-refractivity contribution is -0.131. The number of rotatable bonds is 6. The molecule has 1 aromatic heterocycles. The van der Waals surface area contributed by atoms with E-state index in [0.29, 0.717) is 43.4 Å². The van der Waals surface area contributed by atoms with E-state index in [4.69, 9.17) is 4.74 Å². The maximum absolute atomic E-state index is 12.4. The van der Waals surface area contributed by atoms with Crippen molar-refractivity contribution in [1.29, 1.82) is 0 Å². The third kappa shape index (κ3) is 4.28. The van der Waals surface area contributed by atoms with Crippen LogP contribution in [-0.4, -0.2) is 68.8 Å². The Hall–Kier alpha value is -1.83. The van der Waals surface area contributed by atoms with Crippen molar-refractivity contribution in [2.45, 2.75) is 56.3 Å². The Morgan fingerprint density at radius 3 is 2.69 bits per heavy atom. The van der Waals surface area contributed by atoms with E-state index in [0.717, 1.165) is 12.8 Å². The zero-order valence-electron chi connectivity index (χ0n) is 15.4. The number of likely N-dealkylation sites (tertiary alicyclic amines) is 1. The summed E-state index contributed by atoms with van der Waals surface area (Å²) in [6, 6.07) is 1.96. The van der Waals surface area contributed by atoms with E-state index in [2.05, 4.69) is 23.8 Å². The summed E-state index contributed by atoms with van der Waals surface area (Å²) in [5.74, 6) is 0.411. The molecule has 0 N–H and O–H groups in total. The number of aromatic nitrogens is 2. The van der Waals surface area contributed by atoms with Gasteiger partial charge in [0.15, 0.2) is 5.16 Å². The van der Waals surface area contributed by atoms with Crippen LogP contribution in [0.3, 0.4) is 0 Å². The third-order valence-corrected chi connectivity index (χ3v) is 5.99. The van der Waals surface area contributed by atoms with Gasteiger partial charge in [0.25, 0.3) is 0 Å². The van der Waals surface area contributed by atoms with Gasteiger partial charge in [0.05, 0.1) is 12.3 Å². The molecular weight excluding hydrogens is 352 g/mol. The Bertz CT molecular complexity index is 635. The number of ether oxygens (including phenoxy) is 1. The van der Waals surface area contributed by atoms with Gasteiger partial charge in [0, 0.05) is 44.4 Å². The van der Waals surface area contributed by atoms with Crippen LogP contribution in [-0.2, 0) is 9.53 Å². The summed E-state index contributed by atoms with van der Waals surface area (Å²) in [7, 11) is 0. The SMILES string of the molecule is CCC[C@@H](C)N1CC2(CCN(C(=O)CSc3ncccn3)CC2)OC1=O. The molecule has 2 aliphatic heterocycles. The van der Waals surface area contributed by atoms with Crippen molar-refractivity contribution in [3.05, 3.63) is 18.5 Å². The lowest BCUT2D eigenvalue weighted by Gasteiger charge is -2.37. The van der Waals surface area contributed by atoms with E-state index in [1.54, 1.807) is 18.5 Å². The highest BCUT2D eigenvalue weighted by Crippen LogP contribution is 2.35.